The lowest BCUT2D eigenvalue weighted by molar-refractivity contribution is 0.596. The van der Waals surface area contributed by atoms with E-state index in [1.54, 1.807) is 48.5 Å². The van der Waals surface area contributed by atoms with Gasteiger partial charge in [-0.2, -0.15) is 0 Å². The first-order valence-corrected chi connectivity index (χ1v) is 10.8. The van der Waals surface area contributed by atoms with E-state index in [4.69, 9.17) is 11.6 Å². The second-order valence-electron chi connectivity index (χ2n) is 6.93. The van der Waals surface area contributed by atoms with Crippen molar-refractivity contribution in [2.75, 3.05) is 0 Å². The van der Waals surface area contributed by atoms with Crippen LogP contribution >= 0.6 is 11.6 Å². The van der Waals surface area contributed by atoms with E-state index in [0.717, 1.165) is 11.1 Å². The molecular weight excluding hydrogens is 409 g/mol. The summed E-state index contributed by atoms with van der Waals surface area (Å²) in [6, 6.07) is 17.4. The van der Waals surface area contributed by atoms with Gasteiger partial charge in [0, 0.05) is 22.0 Å². The highest BCUT2D eigenvalue weighted by Crippen LogP contribution is 2.34. The molecule has 3 aromatic carbocycles. The molecule has 0 radical (unpaired) electrons. The zero-order valence-electron chi connectivity index (χ0n) is 15.8. The first-order valence-electron chi connectivity index (χ1n) is 8.94. The molecule has 0 aliphatic heterocycles. The maximum absolute atomic E-state index is 13.7. The number of halogens is 2. The van der Waals surface area contributed by atoms with Gasteiger partial charge in [-0.25, -0.2) is 17.8 Å². The molecule has 0 unspecified atom stereocenters. The molecule has 0 N–H and O–H groups in total. The number of benzene rings is 3. The van der Waals surface area contributed by atoms with Crippen LogP contribution in [0.15, 0.2) is 76.5 Å². The monoisotopic (exact) mass is 425 g/mol. The third kappa shape index (κ3) is 3.63. The Labute approximate surface area is 173 Å². The Bertz CT molecular complexity index is 1350. The Hall–Kier alpha value is -2.76. The van der Waals surface area contributed by atoms with Gasteiger partial charge in [-0.15, -0.1) is 0 Å². The van der Waals surface area contributed by atoms with Gasteiger partial charge in [0.1, 0.15) is 5.82 Å². The number of hydrogen-bond donors (Lipinski definition) is 0. The molecule has 0 saturated carbocycles. The summed E-state index contributed by atoms with van der Waals surface area (Å²) >= 11 is 5.98. The van der Waals surface area contributed by atoms with Crippen molar-refractivity contribution in [2.24, 2.45) is 0 Å². The minimum Gasteiger partial charge on any atom is -0.246 e. The van der Waals surface area contributed by atoms with Crippen LogP contribution < -0.4 is 0 Å². The molecular formula is C23H17ClFNO2S. The SMILES string of the molecule is Cc1ccc(S(=O)(=O)c2cc3ccc(F)cc3nc2-c2ccc(Cl)cc2)cc1C. The van der Waals surface area contributed by atoms with E-state index in [0.29, 0.717) is 21.5 Å². The normalized spacial score (nSPS) is 11.7. The van der Waals surface area contributed by atoms with Crippen LogP contribution in [0.4, 0.5) is 4.39 Å². The van der Waals surface area contributed by atoms with E-state index in [9.17, 15) is 12.8 Å². The van der Waals surface area contributed by atoms with Crippen molar-refractivity contribution in [3.8, 4) is 11.3 Å². The van der Waals surface area contributed by atoms with Crippen LogP contribution in [-0.4, -0.2) is 13.4 Å². The smallest absolute Gasteiger partial charge is 0.208 e. The molecule has 29 heavy (non-hydrogen) atoms. The highest BCUT2D eigenvalue weighted by atomic mass is 35.5. The Balaban J connectivity index is 2.03. The second-order valence-corrected chi connectivity index (χ2v) is 9.28. The van der Waals surface area contributed by atoms with Crippen molar-refractivity contribution < 1.29 is 12.8 Å². The third-order valence-corrected chi connectivity index (χ3v) is 6.96. The van der Waals surface area contributed by atoms with Gasteiger partial charge < -0.3 is 0 Å². The standard InChI is InChI=1S/C23H17ClFNO2S/c1-14-3-10-20(11-15(14)2)29(27,28)22-12-17-6-9-19(25)13-21(17)26-23(22)16-4-7-18(24)8-5-16/h3-13H,1-2H3. The van der Waals surface area contributed by atoms with Crippen molar-refractivity contribution in [2.45, 2.75) is 23.6 Å². The molecule has 4 rings (SSSR count). The zero-order valence-corrected chi connectivity index (χ0v) is 17.4. The molecule has 0 atom stereocenters. The molecule has 0 fully saturated rings. The van der Waals surface area contributed by atoms with Gasteiger partial charge in [-0.05, 0) is 67.4 Å². The predicted octanol–water partition coefficient (Wildman–Crippen LogP) is 6.14. The van der Waals surface area contributed by atoms with Crippen LogP contribution in [0.25, 0.3) is 22.2 Å². The number of hydrogen-bond acceptors (Lipinski definition) is 3. The van der Waals surface area contributed by atoms with Crippen molar-refractivity contribution in [1.29, 1.82) is 0 Å². The van der Waals surface area contributed by atoms with E-state index >= 15 is 0 Å². The maximum atomic E-state index is 13.7. The summed E-state index contributed by atoms with van der Waals surface area (Å²) in [6.45, 7) is 3.80. The summed E-state index contributed by atoms with van der Waals surface area (Å²) in [6.07, 6.45) is 0. The highest BCUT2D eigenvalue weighted by Gasteiger charge is 2.24. The summed E-state index contributed by atoms with van der Waals surface area (Å²) in [5.74, 6) is -0.433. The average molecular weight is 426 g/mol. The van der Waals surface area contributed by atoms with E-state index in [2.05, 4.69) is 4.98 Å². The highest BCUT2D eigenvalue weighted by molar-refractivity contribution is 7.91. The quantitative estimate of drug-likeness (QED) is 0.396. The van der Waals surface area contributed by atoms with Crippen LogP contribution in [0.2, 0.25) is 5.02 Å². The van der Waals surface area contributed by atoms with Gasteiger partial charge in [0.25, 0.3) is 0 Å². The number of aromatic nitrogens is 1. The molecule has 0 bridgehead atoms. The topological polar surface area (TPSA) is 47.0 Å². The van der Waals surface area contributed by atoms with Crippen molar-refractivity contribution in [1.82, 2.24) is 4.98 Å². The van der Waals surface area contributed by atoms with Crippen LogP contribution in [0, 0.1) is 19.7 Å². The number of nitrogens with zero attached hydrogens (tertiary/aromatic N) is 1. The van der Waals surface area contributed by atoms with E-state index in [1.165, 1.54) is 18.2 Å². The number of fused-ring (bicyclic) bond motifs is 1. The molecule has 1 aromatic heterocycles. The maximum Gasteiger partial charge on any atom is 0.208 e. The molecule has 0 spiro atoms. The Kier molecular flexibility index (Phi) is 4.89. The third-order valence-electron chi connectivity index (χ3n) is 4.94. The summed E-state index contributed by atoms with van der Waals surface area (Å²) < 4.78 is 40.8. The second kappa shape index (κ2) is 7.25. The fourth-order valence-electron chi connectivity index (χ4n) is 3.15. The van der Waals surface area contributed by atoms with Gasteiger partial charge in [0.15, 0.2) is 0 Å². The zero-order chi connectivity index (χ0) is 20.8. The van der Waals surface area contributed by atoms with E-state index < -0.39 is 15.7 Å². The molecule has 3 nitrogen and oxygen atoms in total. The fraction of sp³-hybridized carbons (Fsp3) is 0.0870. The molecule has 0 amide bonds. The lowest BCUT2D eigenvalue weighted by atomic mass is 10.1. The van der Waals surface area contributed by atoms with Gasteiger partial charge in [-0.1, -0.05) is 29.8 Å². The Morgan fingerprint density at radius 3 is 2.28 bits per heavy atom. The van der Waals surface area contributed by atoms with Gasteiger partial charge in [-0.3, -0.25) is 0 Å². The minimum atomic E-state index is -3.86. The molecule has 4 aromatic rings. The fourth-order valence-corrected chi connectivity index (χ4v) is 4.81. The molecule has 0 saturated heterocycles. The minimum absolute atomic E-state index is 0.0715. The Morgan fingerprint density at radius 2 is 1.59 bits per heavy atom. The lowest BCUT2D eigenvalue weighted by Crippen LogP contribution is -2.06. The molecule has 6 heteroatoms. The first-order chi connectivity index (χ1) is 13.8. The molecule has 0 aliphatic carbocycles. The summed E-state index contributed by atoms with van der Waals surface area (Å²) in [4.78, 5) is 4.77. The van der Waals surface area contributed by atoms with E-state index in [1.807, 2.05) is 13.8 Å². The summed E-state index contributed by atoms with van der Waals surface area (Å²) in [5, 5.41) is 1.07. The number of sulfone groups is 1. The molecule has 146 valence electrons. The average Bonchev–Trinajstić information content (AvgIpc) is 2.69. The first kappa shape index (κ1) is 19.6. The van der Waals surface area contributed by atoms with Gasteiger partial charge in [0.05, 0.1) is 21.0 Å². The largest absolute Gasteiger partial charge is 0.246 e. The lowest BCUT2D eigenvalue weighted by Gasteiger charge is -2.13. The van der Waals surface area contributed by atoms with Crippen LogP contribution in [-0.2, 0) is 9.84 Å². The van der Waals surface area contributed by atoms with Crippen LogP contribution in [0.5, 0.6) is 0 Å². The summed E-state index contributed by atoms with van der Waals surface area (Å²) in [5.41, 5.74) is 3.12. The van der Waals surface area contributed by atoms with Crippen molar-refractivity contribution in [3.63, 3.8) is 0 Å². The van der Waals surface area contributed by atoms with Gasteiger partial charge in [0.2, 0.25) is 9.84 Å². The van der Waals surface area contributed by atoms with Crippen molar-refractivity contribution in [3.05, 3.63) is 88.7 Å². The molecule has 1 heterocycles. The Morgan fingerprint density at radius 1 is 0.862 bits per heavy atom. The van der Waals surface area contributed by atoms with E-state index in [-0.39, 0.29) is 15.5 Å². The number of pyridine rings is 1. The van der Waals surface area contributed by atoms with Gasteiger partial charge >= 0.3 is 0 Å². The van der Waals surface area contributed by atoms with Crippen LogP contribution in [0.1, 0.15) is 11.1 Å². The molecule has 0 aliphatic rings. The summed E-state index contributed by atoms with van der Waals surface area (Å²) in [7, 11) is -3.86. The van der Waals surface area contributed by atoms with Crippen LogP contribution in [0.3, 0.4) is 0 Å². The predicted molar refractivity (Wildman–Crippen MR) is 114 cm³/mol. The number of aryl methyl sites for hydroxylation is 2. The number of rotatable bonds is 3. The van der Waals surface area contributed by atoms with Crippen molar-refractivity contribution >= 4 is 32.3 Å².